The molecule has 0 aromatic rings. The zero-order valence-electron chi connectivity index (χ0n) is 5.76. The van der Waals surface area contributed by atoms with E-state index in [2.05, 4.69) is 15.9 Å². The number of rotatable bonds is 0. The molecule has 2 radical (unpaired) electrons. The van der Waals surface area contributed by atoms with Gasteiger partial charge in [-0.05, 0) is 4.73 Å². The summed E-state index contributed by atoms with van der Waals surface area (Å²) in [4.78, 5) is 0. The fourth-order valence-electron chi connectivity index (χ4n) is 0. The van der Waals surface area contributed by atoms with Gasteiger partial charge in [-0.3, -0.25) is 14.1 Å². The van der Waals surface area contributed by atoms with E-state index in [1.165, 1.54) is 0 Å². The molecule has 0 saturated heterocycles. The molecule has 0 fully saturated rings. The maximum Gasteiger partial charge on any atom is 1.00 e. The average Bonchev–Trinajstić information content (AvgIpc) is 0.811. The minimum Gasteiger partial charge on any atom is -1.00 e. The molecule has 0 bridgehead atoms. The van der Waals surface area contributed by atoms with E-state index in [4.69, 9.17) is 7.85 Å². The Morgan fingerprint density at radius 1 is 1.38 bits per heavy atom. The number of halogens is 4. The van der Waals surface area contributed by atoms with E-state index in [-0.39, 0.29) is 71.7 Å². The van der Waals surface area contributed by atoms with E-state index < -0.39 is 0 Å². The van der Waals surface area contributed by atoms with E-state index in [1.807, 2.05) is 6.92 Å². The van der Waals surface area contributed by atoms with Crippen molar-refractivity contribution in [1.29, 1.82) is 0 Å². The quantitative estimate of drug-likeness (QED) is 0.342. The molecule has 0 nitrogen and oxygen atoms in total. The maximum absolute atomic E-state index is 5.03. The zero-order chi connectivity index (χ0) is 3.58. The van der Waals surface area contributed by atoms with Gasteiger partial charge in [0.15, 0.2) is 0 Å². The number of hydrogen-bond donors (Lipinski definition) is 0. The molecular formula is C2H8BBrF3K. The molecule has 0 aliphatic carbocycles. The van der Waals surface area contributed by atoms with E-state index in [0.29, 0.717) is 0 Å². The van der Waals surface area contributed by atoms with Crippen molar-refractivity contribution in [2.24, 2.45) is 0 Å². The Morgan fingerprint density at radius 2 is 1.38 bits per heavy atom. The first-order valence-electron chi connectivity index (χ1n) is 1.13. The average molecular weight is 219 g/mol. The molecular weight excluding hydrogens is 211 g/mol. The van der Waals surface area contributed by atoms with E-state index >= 15 is 0 Å². The third-order valence-corrected chi connectivity index (χ3v) is 0. The molecule has 0 aliphatic rings. The van der Waals surface area contributed by atoms with Crippen LogP contribution < -0.4 is 51.4 Å². The van der Waals surface area contributed by atoms with E-state index in [1.54, 1.807) is 0 Å². The Balaban J connectivity index is -0.00000000450. The van der Waals surface area contributed by atoms with Crippen molar-refractivity contribution >= 4 is 23.8 Å². The van der Waals surface area contributed by atoms with Crippen molar-refractivity contribution in [1.82, 2.24) is 0 Å². The summed E-state index contributed by atoms with van der Waals surface area (Å²) in [6.07, 6.45) is 0. The summed E-state index contributed by atoms with van der Waals surface area (Å²) in [5, 5.41) is 0. The Hall–Kier alpha value is 1.97. The predicted molar refractivity (Wildman–Crippen MR) is 32.8 cm³/mol. The molecule has 0 heterocycles. The monoisotopic (exact) mass is 218 g/mol. The Kier molecular flexibility index (Phi) is 93.6. The van der Waals surface area contributed by atoms with Crippen LogP contribution in [0.5, 0.6) is 0 Å². The van der Waals surface area contributed by atoms with Gasteiger partial charge in [0.2, 0.25) is 0 Å². The van der Waals surface area contributed by atoms with Crippen molar-refractivity contribution in [2.45, 2.75) is 11.7 Å². The predicted octanol–water partition coefficient (Wildman–Crippen LogP) is -1.53. The zero-order valence-corrected chi connectivity index (χ0v) is 9.47. The Morgan fingerprint density at radius 3 is 1.38 bits per heavy atom. The largest absolute Gasteiger partial charge is 1.00 e. The van der Waals surface area contributed by atoms with Gasteiger partial charge in [-0.1, -0.05) is 22.9 Å². The fourth-order valence-corrected chi connectivity index (χ4v) is 0. The second-order valence-electron chi connectivity index (χ2n) is 0.678. The first-order valence-corrected chi connectivity index (χ1v) is 2.04. The molecule has 0 aliphatic heterocycles. The summed E-state index contributed by atoms with van der Waals surface area (Å²) in [5.74, 6) is 0. The fraction of sp³-hybridized carbons (Fsp3) is 1.00. The molecule has 0 amide bonds. The Labute approximate surface area is 101 Å². The van der Waals surface area contributed by atoms with E-state index in [0.717, 1.165) is 0 Å². The molecule has 0 saturated carbocycles. The van der Waals surface area contributed by atoms with Gasteiger partial charge in [0.25, 0.3) is 0 Å². The standard InChI is InChI=1S/C2H4BBr.3FH.K.H/c1-2(3)4;;;;;/h2H,1H3;3*1H;;/q;;;;+1;-1. The van der Waals surface area contributed by atoms with Gasteiger partial charge in [-0.2, -0.15) is 0 Å². The molecule has 8 heavy (non-hydrogen) atoms. The summed E-state index contributed by atoms with van der Waals surface area (Å²) in [7, 11) is 5.03. The first-order chi connectivity index (χ1) is 1.73. The van der Waals surface area contributed by atoms with Gasteiger partial charge in [-0.15, -0.1) is 0 Å². The molecule has 0 N–H and O–H groups in total. The van der Waals surface area contributed by atoms with Crippen LogP contribution in [0.2, 0.25) is 0 Å². The van der Waals surface area contributed by atoms with Gasteiger partial charge >= 0.3 is 51.4 Å². The van der Waals surface area contributed by atoms with Crippen molar-refractivity contribution in [2.75, 3.05) is 0 Å². The molecule has 0 aromatic heterocycles. The van der Waals surface area contributed by atoms with Gasteiger partial charge in [0, 0.05) is 0 Å². The summed E-state index contributed by atoms with van der Waals surface area (Å²) >= 11 is 3.05. The molecule has 0 spiro atoms. The molecule has 0 rings (SSSR count). The normalized spacial score (nSPS) is 7.75. The molecule has 0 aromatic carbocycles. The van der Waals surface area contributed by atoms with Gasteiger partial charge in [0.1, 0.15) is 0 Å². The summed E-state index contributed by atoms with van der Waals surface area (Å²) in [6, 6.07) is 0. The van der Waals surface area contributed by atoms with Crippen LogP contribution in [0, 0.1) is 0 Å². The van der Waals surface area contributed by atoms with Crippen molar-refractivity contribution in [3.05, 3.63) is 0 Å². The molecule has 48 valence electrons. The van der Waals surface area contributed by atoms with Crippen LogP contribution in [0.3, 0.4) is 0 Å². The first kappa shape index (κ1) is 32.5. The van der Waals surface area contributed by atoms with Gasteiger partial charge in [-0.25, -0.2) is 0 Å². The minimum atomic E-state index is 0. The molecule has 1 unspecified atom stereocenters. The van der Waals surface area contributed by atoms with Crippen molar-refractivity contribution in [3.8, 4) is 0 Å². The van der Waals surface area contributed by atoms with Crippen molar-refractivity contribution < 1.29 is 66.9 Å². The van der Waals surface area contributed by atoms with Crippen LogP contribution in [0.15, 0.2) is 0 Å². The minimum absolute atomic E-state index is 0. The summed E-state index contributed by atoms with van der Waals surface area (Å²) in [6.45, 7) is 1.86. The van der Waals surface area contributed by atoms with Gasteiger partial charge in [0.05, 0.1) is 7.85 Å². The van der Waals surface area contributed by atoms with Crippen LogP contribution in [-0.2, 0) is 0 Å². The maximum atomic E-state index is 5.03. The topological polar surface area (TPSA) is 0 Å². The van der Waals surface area contributed by atoms with Crippen LogP contribution >= 0.6 is 15.9 Å². The van der Waals surface area contributed by atoms with Crippen LogP contribution in [-0.4, -0.2) is 12.6 Å². The van der Waals surface area contributed by atoms with Crippen LogP contribution in [0.4, 0.5) is 14.1 Å². The molecule has 6 heteroatoms. The van der Waals surface area contributed by atoms with Crippen LogP contribution in [0.25, 0.3) is 0 Å². The Bertz CT molecular complexity index is 26.5. The smallest absolute Gasteiger partial charge is 1.00 e. The van der Waals surface area contributed by atoms with E-state index in [9.17, 15) is 0 Å². The summed E-state index contributed by atoms with van der Waals surface area (Å²) < 4.78 is 0.146. The van der Waals surface area contributed by atoms with Crippen LogP contribution in [0.1, 0.15) is 8.35 Å². The van der Waals surface area contributed by atoms with Crippen molar-refractivity contribution in [3.63, 3.8) is 0 Å². The number of hydrogen-bond acceptors (Lipinski definition) is 0. The molecule has 1 atom stereocenters. The number of alkyl halides is 1. The second kappa shape index (κ2) is 23.1. The third-order valence-electron chi connectivity index (χ3n) is 0. The SMILES string of the molecule is F.F.F.[B]C(C)Br.[H-].[K+]. The van der Waals surface area contributed by atoms with Gasteiger partial charge < -0.3 is 1.43 Å². The summed E-state index contributed by atoms with van der Waals surface area (Å²) in [5.41, 5.74) is 0. The second-order valence-corrected chi connectivity index (χ2v) is 2.12. The third kappa shape index (κ3) is 99.7.